The van der Waals surface area contributed by atoms with Gasteiger partial charge in [-0.15, -0.1) is 0 Å². The molecule has 1 saturated heterocycles. The summed E-state index contributed by atoms with van der Waals surface area (Å²) in [5.74, 6) is 2.10. The van der Waals surface area contributed by atoms with Crippen LogP contribution in [0.15, 0.2) is 24.3 Å². The third-order valence-electron chi connectivity index (χ3n) is 3.63. The van der Waals surface area contributed by atoms with Crippen LogP contribution in [0.3, 0.4) is 0 Å². The van der Waals surface area contributed by atoms with Crippen LogP contribution >= 0.6 is 11.8 Å². The molecule has 2 aliphatic rings. The van der Waals surface area contributed by atoms with E-state index in [4.69, 9.17) is 0 Å². The second-order valence-electron chi connectivity index (χ2n) is 4.81. The molecular formula is C14H16N2O2S. The van der Waals surface area contributed by atoms with Crippen molar-refractivity contribution in [2.24, 2.45) is 0 Å². The van der Waals surface area contributed by atoms with Crippen LogP contribution < -0.4 is 5.32 Å². The van der Waals surface area contributed by atoms with Crippen molar-refractivity contribution in [1.29, 1.82) is 0 Å². The van der Waals surface area contributed by atoms with Crippen LogP contribution in [0.2, 0.25) is 0 Å². The Labute approximate surface area is 116 Å². The van der Waals surface area contributed by atoms with E-state index in [9.17, 15) is 9.59 Å². The Bertz CT molecular complexity index is 512. The van der Waals surface area contributed by atoms with Gasteiger partial charge in [0.15, 0.2) is 0 Å². The number of carbonyl (C=O) groups excluding carboxylic acids is 2. The molecule has 2 aliphatic heterocycles. The highest BCUT2D eigenvalue weighted by Crippen LogP contribution is 2.28. The standard InChI is InChI=1S/C14H16N2O2S/c17-13(16-5-7-19-8-6-16)9-12-10-3-1-2-4-11(10)14(18)15-12/h1-4,12H,5-9H2,(H,15,18)/t12-/m1/s1. The van der Waals surface area contributed by atoms with Crippen LogP contribution in [0.4, 0.5) is 0 Å². The molecule has 0 radical (unpaired) electrons. The maximum absolute atomic E-state index is 12.2. The van der Waals surface area contributed by atoms with E-state index >= 15 is 0 Å². The number of thioether (sulfide) groups is 1. The summed E-state index contributed by atoms with van der Waals surface area (Å²) in [7, 11) is 0. The predicted octanol–water partition coefficient (Wildman–Crippen LogP) is 1.44. The van der Waals surface area contributed by atoms with Crippen molar-refractivity contribution in [3.8, 4) is 0 Å². The van der Waals surface area contributed by atoms with Gasteiger partial charge < -0.3 is 10.2 Å². The minimum Gasteiger partial charge on any atom is -0.345 e. The highest BCUT2D eigenvalue weighted by atomic mass is 32.2. The SMILES string of the molecule is O=C1N[C@H](CC(=O)N2CCSCC2)c2ccccc21. The minimum atomic E-state index is -0.161. The quantitative estimate of drug-likeness (QED) is 0.889. The number of hydrogen-bond donors (Lipinski definition) is 1. The molecule has 1 fully saturated rings. The summed E-state index contributed by atoms with van der Waals surface area (Å²) < 4.78 is 0. The summed E-state index contributed by atoms with van der Waals surface area (Å²) in [5.41, 5.74) is 1.65. The number of nitrogens with zero attached hydrogens (tertiary/aromatic N) is 1. The average molecular weight is 276 g/mol. The van der Waals surface area contributed by atoms with Gasteiger partial charge in [0.2, 0.25) is 5.91 Å². The lowest BCUT2D eigenvalue weighted by Crippen LogP contribution is -2.39. The molecule has 2 amide bonds. The van der Waals surface area contributed by atoms with Gasteiger partial charge in [-0.3, -0.25) is 9.59 Å². The van der Waals surface area contributed by atoms with Crippen LogP contribution in [0, 0.1) is 0 Å². The van der Waals surface area contributed by atoms with Gasteiger partial charge in [-0.25, -0.2) is 0 Å². The van der Waals surface area contributed by atoms with Crippen molar-refractivity contribution in [3.05, 3.63) is 35.4 Å². The minimum absolute atomic E-state index is 0.0670. The van der Waals surface area contributed by atoms with Crippen LogP contribution in [-0.2, 0) is 4.79 Å². The van der Waals surface area contributed by atoms with Gasteiger partial charge in [-0.1, -0.05) is 18.2 Å². The number of rotatable bonds is 2. The van der Waals surface area contributed by atoms with Crippen LogP contribution in [0.1, 0.15) is 28.4 Å². The van der Waals surface area contributed by atoms with Crippen molar-refractivity contribution < 1.29 is 9.59 Å². The van der Waals surface area contributed by atoms with Gasteiger partial charge in [-0.05, 0) is 11.6 Å². The fourth-order valence-electron chi connectivity index (χ4n) is 2.60. The predicted molar refractivity (Wildman–Crippen MR) is 75.2 cm³/mol. The second kappa shape index (κ2) is 5.25. The van der Waals surface area contributed by atoms with Crippen LogP contribution in [0.25, 0.3) is 0 Å². The Morgan fingerprint density at radius 1 is 1.32 bits per heavy atom. The zero-order chi connectivity index (χ0) is 13.2. The summed E-state index contributed by atoms with van der Waals surface area (Å²) in [6, 6.07) is 7.34. The third-order valence-corrected chi connectivity index (χ3v) is 4.57. The van der Waals surface area contributed by atoms with Crippen molar-refractivity contribution in [1.82, 2.24) is 10.2 Å². The summed E-state index contributed by atoms with van der Waals surface area (Å²) >= 11 is 1.88. The largest absolute Gasteiger partial charge is 0.345 e. The Morgan fingerprint density at radius 3 is 2.84 bits per heavy atom. The Kier molecular flexibility index (Phi) is 3.46. The fourth-order valence-corrected chi connectivity index (χ4v) is 3.50. The summed E-state index contributed by atoms with van der Waals surface area (Å²) in [6.07, 6.45) is 0.368. The van der Waals surface area contributed by atoms with Crippen molar-refractivity contribution >= 4 is 23.6 Å². The fraction of sp³-hybridized carbons (Fsp3) is 0.429. The van der Waals surface area contributed by atoms with Gasteiger partial charge in [0.05, 0.1) is 12.5 Å². The van der Waals surface area contributed by atoms with Crippen LogP contribution in [0.5, 0.6) is 0 Å². The number of carbonyl (C=O) groups is 2. The lowest BCUT2D eigenvalue weighted by atomic mass is 10.0. The number of nitrogens with one attached hydrogen (secondary N) is 1. The molecule has 0 saturated carbocycles. The zero-order valence-electron chi connectivity index (χ0n) is 10.6. The van der Waals surface area contributed by atoms with E-state index in [2.05, 4.69) is 5.32 Å². The molecule has 3 rings (SSSR count). The highest BCUT2D eigenvalue weighted by molar-refractivity contribution is 7.99. The Morgan fingerprint density at radius 2 is 2.05 bits per heavy atom. The third kappa shape index (κ3) is 2.47. The first kappa shape index (κ1) is 12.5. The number of amides is 2. The average Bonchev–Trinajstić information content (AvgIpc) is 2.77. The first-order valence-corrected chi connectivity index (χ1v) is 7.66. The van der Waals surface area contributed by atoms with E-state index < -0.39 is 0 Å². The van der Waals surface area contributed by atoms with E-state index in [1.54, 1.807) is 0 Å². The highest BCUT2D eigenvalue weighted by Gasteiger charge is 2.31. The molecule has 2 heterocycles. The van der Waals surface area contributed by atoms with Gasteiger partial charge in [0, 0.05) is 30.2 Å². The molecule has 0 bridgehead atoms. The number of fused-ring (bicyclic) bond motifs is 1. The van der Waals surface area contributed by atoms with Gasteiger partial charge in [0.25, 0.3) is 5.91 Å². The first-order chi connectivity index (χ1) is 9.25. The molecule has 19 heavy (non-hydrogen) atoms. The van der Waals surface area contributed by atoms with Crippen LogP contribution in [-0.4, -0.2) is 41.3 Å². The smallest absolute Gasteiger partial charge is 0.252 e. The second-order valence-corrected chi connectivity index (χ2v) is 6.04. The topological polar surface area (TPSA) is 49.4 Å². The van der Waals surface area contributed by atoms with Crippen molar-refractivity contribution in [2.75, 3.05) is 24.6 Å². The van der Waals surface area contributed by atoms with E-state index in [1.807, 2.05) is 40.9 Å². The molecule has 0 unspecified atom stereocenters. The number of hydrogen-bond acceptors (Lipinski definition) is 3. The maximum Gasteiger partial charge on any atom is 0.252 e. The van der Waals surface area contributed by atoms with Crippen molar-refractivity contribution in [3.63, 3.8) is 0 Å². The molecule has 1 aromatic carbocycles. The molecule has 0 spiro atoms. The Balaban J connectivity index is 1.71. The van der Waals surface area contributed by atoms with E-state index in [0.29, 0.717) is 12.0 Å². The normalized spacial score (nSPS) is 22.0. The van der Waals surface area contributed by atoms with E-state index in [1.165, 1.54) is 0 Å². The number of benzene rings is 1. The molecule has 5 heteroatoms. The summed E-state index contributed by atoms with van der Waals surface area (Å²) in [6.45, 7) is 1.65. The van der Waals surface area contributed by atoms with Gasteiger partial charge in [0.1, 0.15) is 0 Å². The molecular weight excluding hydrogens is 260 g/mol. The van der Waals surface area contributed by atoms with Gasteiger partial charge >= 0.3 is 0 Å². The molecule has 1 N–H and O–H groups in total. The molecule has 4 nitrogen and oxygen atoms in total. The van der Waals surface area contributed by atoms with E-state index in [-0.39, 0.29) is 17.9 Å². The monoisotopic (exact) mass is 276 g/mol. The lowest BCUT2D eigenvalue weighted by molar-refractivity contribution is -0.131. The molecule has 1 aromatic rings. The Hall–Kier alpha value is -1.49. The first-order valence-electron chi connectivity index (χ1n) is 6.51. The maximum atomic E-state index is 12.2. The molecule has 100 valence electrons. The zero-order valence-corrected chi connectivity index (χ0v) is 11.4. The summed E-state index contributed by atoms with van der Waals surface area (Å²) in [5, 5.41) is 2.90. The summed E-state index contributed by atoms with van der Waals surface area (Å²) in [4.78, 5) is 25.9. The van der Waals surface area contributed by atoms with E-state index in [0.717, 1.165) is 30.2 Å². The molecule has 0 aliphatic carbocycles. The lowest BCUT2D eigenvalue weighted by Gasteiger charge is -2.27. The van der Waals surface area contributed by atoms with Gasteiger partial charge in [-0.2, -0.15) is 11.8 Å². The van der Waals surface area contributed by atoms with Crippen molar-refractivity contribution in [2.45, 2.75) is 12.5 Å². The molecule has 1 atom stereocenters. The molecule has 0 aromatic heterocycles.